The van der Waals surface area contributed by atoms with E-state index in [1.165, 1.54) is 12.3 Å². The summed E-state index contributed by atoms with van der Waals surface area (Å²) in [5.74, 6) is -1.42. The smallest absolute Gasteiger partial charge is 0.377 e. The summed E-state index contributed by atoms with van der Waals surface area (Å²) in [7, 11) is 0. The van der Waals surface area contributed by atoms with Crippen molar-refractivity contribution in [3.8, 4) is 0 Å². The third-order valence-electron chi connectivity index (χ3n) is 3.13. The molecule has 1 saturated heterocycles. The van der Waals surface area contributed by atoms with Crippen molar-refractivity contribution >= 4 is 23.5 Å². The Balaban J connectivity index is 1.77. The average Bonchev–Trinajstić information content (AvgIpc) is 3.10. The fourth-order valence-corrected chi connectivity index (χ4v) is 2.39. The Kier molecular flexibility index (Phi) is 3.85. The van der Waals surface area contributed by atoms with Gasteiger partial charge in [-0.25, -0.2) is 9.59 Å². The van der Waals surface area contributed by atoms with Crippen molar-refractivity contribution in [2.45, 2.75) is 6.29 Å². The number of nitrogens with zero attached hydrogens (tertiary/aromatic N) is 1. The maximum Gasteiger partial charge on any atom is 0.377 e. The van der Waals surface area contributed by atoms with E-state index >= 15 is 0 Å². The predicted molar refractivity (Wildman–Crippen MR) is 69.3 cm³/mol. The van der Waals surface area contributed by atoms with Crippen molar-refractivity contribution in [2.75, 3.05) is 26.3 Å². The van der Waals surface area contributed by atoms with Gasteiger partial charge in [0, 0.05) is 13.1 Å². The second kappa shape index (κ2) is 5.79. The molecule has 0 aromatic carbocycles. The van der Waals surface area contributed by atoms with E-state index in [4.69, 9.17) is 30.2 Å². The molecule has 0 aliphatic carbocycles. The summed E-state index contributed by atoms with van der Waals surface area (Å²) in [6.07, 6.45) is 0.184. The normalized spacial score (nSPS) is 22.4. The fourth-order valence-electron chi connectivity index (χ4n) is 2.13. The molecule has 1 aromatic heterocycles. The zero-order valence-corrected chi connectivity index (χ0v) is 11.7. The summed E-state index contributed by atoms with van der Waals surface area (Å²) in [6.45, 7) is 2.08. The van der Waals surface area contributed by atoms with E-state index in [9.17, 15) is 9.59 Å². The molecular weight excluding hydrogens is 302 g/mol. The molecule has 0 N–H and O–H groups in total. The van der Waals surface area contributed by atoms with Gasteiger partial charge >= 0.3 is 11.9 Å². The molecule has 0 unspecified atom stereocenters. The highest BCUT2D eigenvalue weighted by molar-refractivity contribution is 6.42. The van der Waals surface area contributed by atoms with Gasteiger partial charge in [-0.3, -0.25) is 0 Å². The van der Waals surface area contributed by atoms with E-state index in [2.05, 4.69) is 0 Å². The Hall–Kier alpha value is -1.99. The van der Waals surface area contributed by atoms with Gasteiger partial charge in [-0.15, -0.1) is 0 Å². The number of esters is 2. The minimum atomic E-state index is -1.17. The molecule has 3 rings (SSSR count). The third kappa shape index (κ3) is 2.74. The molecule has 0 radical (unpaired) electrons. The van der Waals surface area contributed by atoms with Gasteiger partial charge in [0.1, 0.15) is 5.70 Å². The molecule has 7 nitrogen and oxygen atoms in total. The Bertz CT molecular complexity index is 575. The molecule has 2 aliphatic rings. The monoisotopic (exact) mass is 313 g/mol. The van der Waals surface area contributed by atoms with Gasteiger partial charge in [-0.05, 0) is 12.1 Å². The van der Waals surface area contributed by atoms with Crippen LogP contribution in [0.15, 0.2) is 33.5 Å². The largest absolute Gasteiger partial charge is 0.457 e. The van der Waals surface area contributed by atoms with Crippen LogP contribution in [0, 0.1) is 0 Å². The van der Waals surface area contributed by atoms with Crippen molar-refractivity contribution in [2.24, 2.45) is 0 Å². The molecule has 1 atom stereocenters. The van der Waals surface area contributed by atoms with Gasteiger partial charge in [0.05, 0.1) is 19.5 Å². The van der Waals surface area contributed by atoms with Crippen LogP contribution in [-0.4, -0.2) is 49.4 Å². The molecule has 0 spiro atoms. The lowest BCUT2D eigenvalue weighted by Gasteiger charge is -2.31. The van der Waals surface area contributed by atoms with Gasteiger partial charge in [-0.1, -0.05) is 11.6 Å². The van der Waals surface area contributed by atoms with Crippen molar-refractivity contribution in [1.82, 2.24) is 4.90 Å². The molecule has 1 fully saturated rings. The topological polar surface area (TPSA) is 78.2 Å². The van der Waals surface area contributed by atoms with Crippen LogP contribution < -0.4 is 0 Å². The number of morpholine rings is 1. The van der Waals surface area contributed by atoms with Gasteiger partial charge < -0.3 is 23.5 Å². The molecule has 8 heteroatoms. The molecular formula is C13H12ClNO6. The summed E-state index contributed by atoms with van der Waals surface area (Å²) >= 11 is 5.97. The first-order valence-corrected chi connectivity index (χ1v) is 6.72. The number of carbonyl (C=O) groups is 2. The van der Waals surface area contributed by atoms with Gasteiger partial charge in [0.15, 0.2) is 5.03 Å². The summed E-state index contributed by atoms with van der Waals surface area (Å²) in [6, 6.07) is 3.02. The van der Waals surface area contributed by atoms with E-state index in [1.807, 2.05) is 4.90 Å². The van der Waals surface area contributed by atoms with Gasteiger partial charge in [0.25, 0.3) is 6.29 Å². The first-order chi connectivity index (χ1) is 10.2. The highest BCUT2D eigenvalue weighted by atomic mass is 35.5. The SMILES string of the molecule is O=C1O[C@@H](OC(=O)c2ccco2)C(N2CCOCC2)=C1Cl. The van der Waals surface area contributed by atoms with E-state index in [0.29, 0.717) is 32.0 Å². The molecule has 0 saturated carbocycles. The van der Waals surface area contributed by atoms with Crippen LogP contribution in [-0.2, 0) is 19.0 Å². The number of ether oxygens (including phenoxy) is 3. The van der Waals surface area contributed by atoms with Gasteiger partial charge in [-0.2, -0.15) is 0 Å². The summed E-state index contributed by atoms with van der Waals surface area (Å²) in [5.41, 5.74) is 0.352. The van der Waals surface area contributed by atoms with Crippen LogP contribution >= 0.6 is 11.6 Å². The maximum atomic E-state index is 11.9. The minimum absolute atomic E-state index is 0.0235. The first kappa shape index (κ1) is 14.0. The minimum Gasteiger partial charge on any atom is -0.457 e. The number of rotatable bonds is 3. The average molecular weight is 314 g/mol. The van der Waals surface area contributed by atoms with Crippen molar-refractivity contribution in [3.63, 3.8) is 0 Å². The highest BCUT2D eigenvalue weighted by Crippen LogP contribution is 2.30. The zero-order chi connectivity index (χ0) is 14.8. The second-order valence-corrected chi connectivity index (χ2v) is 4.80. The standard InChI is InChI=1S/C13H12ClNO6/c14-9-10(15-3-6-18-7-4-15)13(21-12(9)17)20-11(16)8-2-1-5-19-8/h1-2,5,13H,3-4,6-7H2/t13-/m1/s1. The van der Waals surface area contributed by atoms with Crippen LogP contribution in [0.1, 0.15) is 10.6 Å². The van der Waals surface area contributed by atoms with Crippen molar-refractivity contribution < 1.29 is 28.2 Å². The quantitative estimate of drug-likeness (QED) is 0.773. The van der Waals surface area contributed by atoms with E-state index in [0.717, 1.165) is 0 Å². The van der Waals surface area contributed by atoms with Crippen molar-refractivity contribution in [3.05, 3.63) is 34.9 Å². The number of furan rings is 1. The Morgan fingerprint density at radius 2 is 2.14 bits per heavy atom. The molecule has 21 heavy (non-hydrogen) atoms. The summed E-state index contributed by atoms with van der Waals surface area (Å²) in [4.78, 5) is 25.3. The molecule has 112 valence electrons. The van der Waals surface area contributed by atoms with Crippen LogP contribution in [0.2, 0.25) is 0 Å². The Morgan fingerprint density at radius 3 is 2.81 bits per heavy atom. The van der Waals surface area contributed by atoms with E-state index in [1.54, 1.807) is 6.07 Å². The van der Waals surface area contributed by atoms with Crippen LogP contribution in [0.25, 0.3) is 0 Å². The second-order valence-electron chi connectivity index (χ2n) is 4.42. The summed E-state index contributed by atoms with van der Waals surface area (Å²) < 4.78 is 20.3. The molecule has 3 heterocycles. The summed E-state index contributed by atoms with van der Waals surface area (Å²) in [5, 5.41) is -0.0749. The molecule has 0 amide bonds. The number of halogens is 1. The van der Waals surface area contributed by atoms with Crippen molar-refractivity contribution in [1.29, 1.82) is 0 Å². The van der Waals surface area contributed by atoms with E-state index in [-0.39, 0.29) is 10.8 Å². The Labute approximate surface area is 125 Å². The number of hydrogen-bond donors (Lipinski definition) is 0. The van der Waals surface area contributed by atoms with Gasteiger partial charge in [0.2, 0.25) is 5.76 Å². The fraction of sp³-hybridized carbons (Fsp3) is 0.385. The first-order valence-electron chi connectivity index (χ1n) is 6.34. The molecule has 0 bridgehead atoms. The van der Waals surface area contributed by atoms with Crippen LogP contribution in [0.3, 0.4) is 0 Å². The highest BCUT2D eigenvalue weighted by Gasteiger charge is 2.40. The lowest BCUT2D eigenvalue weighted by molar-refractivity contribution is -0.154. The molecule has 2 aliphatic heterocycles. The maximum absolute atomic E-state index is 11.9. The lowest BCUT2D eigenvalue weighted by atomic mass is 10.3. The number of carbonyl (C=O) groups excluding carboxylic acids is 2. The van der Waals surface area contributed by atoms with Crippen LogP contribution in [0.4, 0.5) is 0 Å². The zero-order valence-electron chi connectivity index (χ0n) is 10.9. The Morgan fingerprint density at radius 1 is 1.38 bits per heavy atom. The number of cyclic esters (lactones) is 1. The lowest BCUT2D eigenvalue weighted by Crippen LogP contribution is -2.39. The number of hydrogen-bond acceptors (Lipinski definition) is 7. The molecule has 1 aromatic rings. The van der Waals surface area contributed by atoms with Crippen LogP contribution in [0.5, 0.6) is 0 Å². The predicted octanol–water partition coefficient (Wildman–Crippen LogP) is 1.10. The third-order valence-corrected chi connectivity index (χ3v) is 3.48. The van der Waals surface area contributed by atoms with E-state index < -0.39 is 18.2 Å².